The molecule has 0 bridgehead atoms. The number of ether oxygens (including phenoxy) is 1. The first kappa shape index (κ1) is 15.3. The van der Waals surface area contributed by atoms with E-state index < -0.39 is 0 Å². The fraction of sp³-hybridized carbons (Fsp3) is 0.0556. The van der Waals surface area contributed by atoms with Gasteiger partial charge in [-0.25, -0.2) is 9.48 Å². The summed E-state index contributed by atoms with van der Waals surface area (Å²) in [5, 5.41) is 13.3. The molecule has 3 rings (SSSR count). The van der Waals surface area contributed by atoms with Gasteiger partial charge in [-0.1, -0.05) is 12.1 Å². The fourth-order valence-electron chi connectivity index (χ4n) is 2.32. The molecule has 0 atom stereocenters. The Labute approximate surface area is 138 Å². The van der Waals surface area contributed by atoms with Gasteiger partial charge in [-0.15, -0.1) is 0 Å². The minimum atomic E-state index is -0.385. The maximum absolute atomic E-state index is 11.5. The van der Waals surface area contributed by atoms with E-state index in [0.717, 1.165) is 11.3 Å². The zero-order chi connectivity index (χ0) is 17.1. The van der Waals surface area contributed by atoms with Gasteiger partial charge >= 0.3 is 5.97 Å². The Morgan fingerprint density at radius 1 is 1.17 bits per heavy atom. The van der Waals surface area contributed by atoms with Crippen LogP contribution in [0.5, 0.6) is 0 Å². The van der Waals surface area contributed by atoms with E-state index >= 15 is 0 Å². The van der Waals surface area contributed by atoms with Gasteiger partial charge in [-0.2, -0.15) is 10.4 Å². The van der Waals surface area contributed by atoms with Gasteiger partial charge in [-0.3, -0.25) is 0 Å². The SMILES string of the molecule is COC(=O)c1ccc(-c2cc(N)n(-c3ccc(C#N)cc3)n2)cc1. The molecule has 6 heteroatoms. The number of nitrogens with zero attached hydrogens (tertiary/aromatic N) is 3. The second-order valence-electron chi connectivity index (χ2n) is 5.09. The second kappa shape index (κ2) is 6.26. The van der Waals surface area contributed by atoms with Gasteiger partial charge < -0.3 is 10.5 Å². The summed E-state index contributed by atoms with van der Waals surface area (Å²) in [7, 11) is 1.34. The molecule has 1 aromatic heterocycles. The number of methoxy groups -OCH3 is 1. The van der Waals surface area contributed by atoms with Crippen LogP contribution in [0, 0.1) is 11.3 Å². The Bertz CT molecular complexity index is 919. The van der Waals surface area contributed by atoms with Crippen LogP contribution in [0.25, 0.3) is 16.9 Å². The maximum Gasteiger partial charge on any atom is 0.337 e. The van der Waals surface area contributed by atoms with Crippen molar-refractivity contribution in [1.82, 2.24) is 9.78 Å². The Hall–Kier alpha value is -3.59. The number of esters is 1. The molecule has 118 valence electrons. The molecule has 3 aromatic rings. The van der Waals surface area contributed by atoms with Gasteiger partial charge in [0.15, 0.2) is 0 Å². The molecule has 0 aliphatic rings. The molecule has 0 aliphatic carbocycles. The van der Waals surface area contributed by atoms with Gasteiger partial charge in [0, 0.05) is 11.6 Å². The number of nitrogen functional groups attached to an aromatic ring is 1. The van der Waals surface area contributed by atoms with Crippen LogP contribution in [0.4, 0.5) is 5.82 Å². The number of hydrogen-bond acceptors (Lipinski definition) is 5. The first-order chi connectivity index (χ1) is 11.6. The summed E-state index contributed by atoms with van der Waals surface area (Å²) in [6.45, 7) is 0. The quantitative estimate of drug-likeness (QED) is 0.749. The van der Waals surface area contributed by atoms with E-state index in [4.69, 9.17) is 11.0 Å². The lowest BCUT2D eigenvalue weighted by Gasteiger charge is -2.03. The van der Waals surface area contributed by atoms with Crippen LogP contribution in [-0.2, 0) is 4.74 Å². The first-order valence-corrected chi connectivity index (χ1v) is 7.17. The highest BCUT2D eigenvalue weighted by Gasteiger charge is 2.10. The van der Waals surface area contributed by atoms with Crippen molar-refractivity contribution >= 4 is 11.8 Å². The summed E-state index contributed by atoms with van der Waals surface area (Å²) < 4.78 is 6.28. The molecular weight excluding hydrogens is 304 g/mol. The van der Waals surface area contributed by atoms with Gasteiger partial charge in [0.05, 0.1) is 35.7 Å². The van der Waals surface area contributed by atoms with E-state index in [1.807, 2.05) is 0 Å². The van der Waals surface area contributed by atoms with Gasteiger partial charge in [0.1, 0.15) is 5.82 Å². The Morgan fingerprint density at radius 2 is 1.83 bits per heavy atom. The van der Waals surface area contributed by atoms with Crippen LogP contribution in [0.15, 0.2) is 54.6 Å². The molecule has 0 amide bonds. The monoisotopic (exact) mass is 318 g/mol. The van der Waals surface area contributed by atoms with Gasteiger partial charge in [-0.05, 0) is 36.4 Å². The van der Waals surface area contributed by atoms with Crippen molar-refractivity contribution in [3.63, 3.8) is 0 Å². The zero-order valence-electron chi connectivity index (χ0n) is 12.9. The lowest BCUT2D eigenvalue weighted by atomic mass is 10.1. The van der Waals surface area contributed by atoms with E-state index in [9.17, 15) is 4.79 Å². The molecule has 0 saturated heterocycles. The van der Waals surface area contributed by atoms with Crippen LogP contribution in [0.3, 0.4) is 0 Å². The van der Waals surface area contributed by atoms with Crippen LogP contribution < -0.4 is 5.73 Å². The minimum absolute atomic E-state index is 0.385. The molecule has 0 radical (unpaired) electrons. The smallest absolute Gasteiger partial charge is 0.337 e. The molecule has 1 heterocycles. The third-order valence-electron chi connectivity index (χ3n) is 3.58. The lowest BCUT2D eigenvalue weighted by Crippen LogP contribution is -2.01. The molecule has 24 heavy (non-hydrogen) atoms. The zero-order valence-corrected chi connectivity index (χ0v) is 12.9. The maximum atomic E-state index is 11.5. The second-order valence-corrected chi connectivity index (χ2v) is 5.09. The molecule has 0 unspecified atom stereocenters. The normalized spacial score (nSPS) is 10.2. The van der Waals surface area contributed by atoms with Crippen molar-refractivity contribution in [2.24, 2.45) is 0 Å². The highest BCUT2D eigenvalue weighted by Crippen LogP contribution is 2.23. The topological polar surface area (TPSA) is 93.9 Å². The van der Waals surface area contributed by atoms with Crippen molar-refractivity contribution in [3.8, 4) is 23.0 Å². The summed E-state index contributed by atoms with van der Waals surface area (Å²) in [6, 6.07) is 17.7. The summed E-state index contributed by atoms with van der Waals surface area (Å²) in [4.78, 5) is 11.5. The Kier molecular flexibility index (Phi) is 4.00. The molecule has 2 aromatic carbocycles. The molecule has 0 saturated carbocycles. The number of nitrogens with two attached hydrogens (primary N) is 1. The molecular formula is C18H14N4O2. The van der Waals surface area contributed by atoms with Crippen molar-refractivity contribution in [3.05, 3.63) is 65.7 Å². The minimum Gasteiger partial charge on any atom is -0.465 e. The third kappa shape index (κ3) is 2.83. The van der Waals surface area contributed by atoms with Crippen LogP contribution in [-0.4, -0.2) is 22.9 Å². The first-order valence-electron chi connectivity index (χ1n) is 7.17. The van der Waals surface area contributed by atoms with Crippen molar-refractivity contribution in [2.75, 3.05) is 12.8 Å². The number of rotatable bonds is 3. The van der Waals surface area contributed by atoms with E-state index in [1.165, 1.54) is 7.11 Å². The highest BCUT2D eigenvalue weighted by molar-refractivity contribution is 5.89. The number of carbonyl (C=O) groups excluding carboxylic acids is 1. The molecule has 0 fully saturated rings. The van der Waals surface area contributed by atoms with Crippen LogP contribution in [0.2, 0.25) is 0 Å². The summed E-state index contributed by atoms with van der Waals surface area (Å²) >= 11 is 0. The highest BCUT2D eigenvalue weighted by atomic mass is 16.5. The Balaban J connectivity index is 1.93. The average molecular weight is 318 g/mol. The molecule has 6 nitrogen and oxygen atoms in total. The largest absolute Gasteiger partial charge is 0.465 e. The van der Waals surface area contributed by atoms with Crippen molar-refractivity contribution < 1.29 is 9.53 Å². The fourth-order valence-corrected chi connectivity index (χ4v) is 2.32. The molecule has 0 spiro atoms. The van der Waals surface area contributed by atoms with E-state index in [2.05, 4.69) is 15.9 Å². The van der Waals surface area contributed by atoms with Crippen molar-refractivity contribution in [1.29, 1.82) is 5.26 Å². The van der Waals surface area contributed by atoms with E-state index in [-0.39, 0.29) is 5.97 Å². The van der Waals surface area contributed by atoms with Gasteiger partial charge in [0.25, 0.3) is 0 Å². The van der Waals surface area contributed by atoms with E-state index in [0.29, 0.717) is 22.6 Å². The number of nitriles is 1. The number of hydrogen-bond donors (Lipinski definition) is 1. The van der Waals surface area contributed by atoms with Crippen LogP contribution in [0.1, 0.15) is 15.9 Å². The van der Waals surface area contributed by atoms with E-state index in [1.54, 1.807) is 59.3 Å². The predicted molar refractivity (Wildman–Crippen MR) is 89.5 cm³/mol. The summed E-state index contributed by atoms with van der Waals surface area (Å²) in [6.07, 6.45) is 0. The summed E-state index contributed by atoms with van der Waals surface area (Å²) in [5.41, 5.74) is 9.38. The average Bonchev–Trinajstić information content (AvgIpc) is 3.03. The molecule has 0 aliphatic heterocycles. The number of aromatic nitrogens is 2. The van der Waals surface area contributed by atoms with Crippen LogP contribution >= 0.6 is 0 Å². The number of carbonyl (C=O) groups is 1. The predicted octanol–water partition coefficient (Wildman–Crippen LogP) is 2.78. The molecule has 2 N–H and O–H groups in total. The number of benzene rings is 2. The standard InChI is InChI=1S/C18H14N4O2/c1-24-18(23)14-6-4-13(5-7-14)16-10-17(20)22(21-16)15-8-2-12(11-19)3-9-15/h2-10H,20H2,1H3. The number of anilines is 1. The Morgan fingerprint density at radius 3 is 2.42 bits per heavy atom. The summed E-state index contributed by atoms with van der Waals surface area (Å²) in [5.74, 6) is 0.0935. The van der Waals surface area contributed by atoms with Gasteiger partial charge in [0.2, 0.25) is 0 Å². The lowest BCUT2D eigenvalue weighted by molar-refractivity contribution is 0.0601. The third-order valence-corrected chi connectivity index (χ3v) is 3.58. The van der Waals surface area contributed by atoms with Crippen molar-refractivity contribution in [2.45, 2.75) is 0 Å².